The van der Waals surface area contributed by atoms with E-state index < -0.39 is 31.1 Å². The molecule has 4 heterocycles. The Morgan fingerprint density at radius 3 is 1.91 bits per heavy atom. The highest BCUT2D eigenvalue weighted by Crippen LogP contribution is 2.51. The van der Waals surface area contributed by atoms with Crippen LogP contribution < -0.4 is 31.1 Å². The number of anilines is 3. The maximum absolute atomic E-state index is 14.1. The number of carbonyl (C=O) groups excluding carboxylic acids is 5. The molecule has 1 aromatic heterocycles. The van der Waals surface area contributed by atoms with Crippen LogP contribution >= 0.6 is 0 Å². The van der Waals surface area contributed by atoms with Gasteiger partial charge >= 0.3 is 0 Å². The third-order valence-electron chi connectivity index (χ3n) is 19.8. The van der Waals surface area contributed by atoms with Crippen molar-refractivity contribution in [3.8, 4) is 11.1 Å². The highest BCUT2D eigenvalue weighted by atomic mass is 32.2. The van der Waals surface area contributed by atoms with E-state index in [0.29, 0.717) is 159 Å². The number of aromatic nitrogens is 3. The number of likely N-dealkylation sites (N-methyl/N-ethyl adjacent to an activating group) is 1. The molecule has 5 amide bonds. The molecule has 0 spiro atoms. The van der Waals surface area contributed by atoms with Crippen molar-refractivity contribution >= 4 is 78.2 Å². The fraction of sp³-hybridized carbons (Fsp3) is 0.398. The Labute approximate surface area is 654 Å². The molecule has 0 saturated carbocycles. The molecule has 112 heavy (non-hydrogen) atoms. The number of nitrogens with zero attached hydrogens (tertiary/aromatic N) is 6. The SMILES string of the molecule is CCN1\C(=C/C=C/C=C/C2=[N+](CC)c3ccc(S(=O)(=O)O)cc3C2(C)C)C(C)(CCCC(=O)NCCOCCOCCOCCOCCOCCOCCn2cc(CNC(=O)CCC(=O)NC3CCCN(C(=O)c4ccc(NC(=O)c5ccccc5-c5ccccc5)cc4)c4ccccc43)nn2)c2cc(S(=O)(=O)O)ccc21. The fourth-order valence-corrected chi connectivity index (χ4v) is 15.2. The minimum Gasteiger partial charge on any atom is -0.377 e. The smallest absolute Gasteiger partial charge is 0.294 e. The number of hydrogen-bond donors (Lipinski definition) is 6. The van der Waals surface area contributed by atoms with Crippen molar-refractivity contribution in [2.24, 2.45) is 0 Å². The Hall–Kier alpha value is -9.92. The van der Waals surface area contributed by atoms with E-state index in [1.165, 1.54) is 24.3 Å². The fourth-order valence-electron chi connectivity index (χ4n) is 14.1. The van der Waals surface area contributed by atoms with E-state index in [1.807, 2.05) is 138 Å². The van der Waals surface area contributed by atoms with Gasteiger partial charge in [0.05, 0.1) is 120 Å². The van der Waals surface area contributed by atoms with Crippen LogP contribution in [-0.4, -0.2) is 186 Å². The van der Waals surface area contributed by atoms with Crippen LogP contribution in [-0.2, 0) is 87.0 Å². The average molecular weight is 1570 g/mol. The molecule has 0 aliphatic carbocycles. The van der Waals surface area contributed by atoms with Crippen LogP contribution in [0.15, 0.2) is 192 Å². The Bertz CT molecular complexity index is 4780. The van der Waals surface area contributed by atoms with E-state index in [1.54, 1.807) is 58.2 Å². The molecule has 10 rings (SSSR count). The highest BCUT2D eigenvalue weighted by molar-refractivity contribution is 7.86. The molecule has 0 radical (unpaired) electrons. The second kappa shape index (κ2) is 40.5. The monoisotopic (exact) mass is 1570 g/mol. The van der Waals surface area contributed by atoms with Crippen LogP contribution in [0.5, 0.6) is 0 Å². The summed E-state index contributed by atoms with van der Waals surface area (Å²) in [5, 5.41) is 20.1. The topological polar surface area (TPSA) is 338 Å². The van der Waals surface area contributed by atoms with Gasteiger partial charge in [0.2, 0.25) is 23.4 Å². The quantitative estimate of drug-likeness (QED) is 0.00896. The standard InChI is InChI=1S/C83H100N10O17S2/c1-6-91-73-36-34-64(111(99,100)101)56-69(73)82(3,4)75(91)27-12-9-13-28-76-83(5,70-57-65(112(102,103)104)35-37-74(70)92(76)7-2)40-18-29-77(94)84-41-44-105-46-48-107-50-52-109-54-55-110-53-51-108-49-47-106-45-43-90-59-63(88-89-90)58-85-78(95)38-39-79(96)87-71-25-19-42-93(72-26-17-16-24-68(71)72)81(98)61-30-32-62(33-31-61)86-80(97)67-23-15-14-22-66(67)60-20-10-8-11-21-60/h8-17,20-24,26-28,30-37,56-57,59,71H,6-7,18-19,25,29,38-55,58H2,1-5H3,(H5-,84,85,86,87,94,95,96,97,98,99,100,101,102,103,104)/p+1. The van der Waals surface area contributed by atoms with Gasteiger partial charge < -0.3 is 59.5 Å². The van der Waals surface area contributed by atoms with Crippen molar-refractivity contribution < 1.29 is 82.9 Å². The second-order valence-electron chi connectivity index (χ2n) is 27.8. The minimum atomic E-state index is -4.51. The van der Waals surface area contributed by atoms with E-state index in [-0.39, 0.29) is 77.8 Å². The molecule has 2 unspecified atom stereocenters. The van der Waals surface area contributed by atoms with Crippen LogP contribution in [0, 0.1) is 0 Å². The number of hydrogen-bond acceptors (Lipinski definition) is 18. The van der Waals surface area contributed by atoms with Crippen molar-refractivity contribution in [2.45, 2.75) is 119 Å². The summed E-state index contributed by atoms with van der Waals surface area (Å²) in [5.74, 6) is -1.22. The number of fused-ring (bicyclic) bond motifs is 3. The van der Waals surface area contributed by atoms with Crippen LogP contribution in [0.1, 0.15) is 129 Å². The average Bonchev–Trinajstić information content (AvgIpc) is 1.58. The van der Waals surface area contributed by atoms with E-state index in [2.05, 4.69) is 41.1 Å². The minimum absolute atomic E-state index is 0.0331. The van der Waals surface area contributed by atoms with Gasteiger partial charge in [-0.15, -0.1) is 5.10 Å². The van der Waals surface area contributed by atoms with Crippen molar-refractivity contribution in [1.29, 1.82) is 0 Å². The van der Waals surface area contributed by atoms with E-state index in [0.717, 1.165) is 50.6 Å². The largest absolute Gasteiger partial charge is 0.377 e. The molecule has 3 aliphatic heterocycles. The van der Waals surface area contributed by atoms with Gasteiger partial charge in [0, 0.05) is 95.9 Å². The third kappa shape index (κ3) is 22.7. The number of allylic oxidation sites excluding steroid dienone is 6. The predicted octanol–water partition coefficient (Wildman–Crippen LogP) is 10.7. The zero-order chi connectivity index (χ0) is 79.7. The first kappa shape index (κ1) is 84.5. The van der Waals surface area contributed by atoms with Gasteiger partial charge in [-0.3, -0.25) is 33.1 Å². The van der Waals surface area contributed by atoms with Gasteiger partial charge in [-0.2, -0.15) is 21.4 Å². The number of carbonyl (C=O) groups is 5. The lowest BCUT2D eigenvalue weighted by molar-refractivity contribution is -0.433. The summed E-state index contributed by atoms with van der Waals surface area (Å²) in [6.07, 6.45) is 13.7. The lowest BCUT2D eigenvalue weighted by Crippen LogP contribution is -2.32. The summed E-state index contributed by atoms with van der Waals surface area (Å²) in [6, 6.07) is 40.3. The Kier molecular flexibility index (Phi) is 30.6. The number of benzene rings is 6. The zero-order valence-corrected chi connectivity index (χ0v) is 65.6. The maximum Gasteiger partial charge on any atom is 0.294 e. The third-order valence-corrected chi connectivity index (χ3v) is 21.5. The summed E-state index contributed by atoms with van der Waals surface area (Å²) < 4.78 is 106. The van der Waals surface area contributed by atoms with Crippen molar-refractivity contribution in [3.05, 3.63) is 215 Å². The van der Waals surface area contributed by atoms with Gasteiger partial charge in [0.15, 0.2) is 5.71 Å². The van der Waals surface area contributed by atoms with Gasteiger partial charge in [0.1, 0.15) is 12.2 Å². The lowest BCUT2D eigenvalue weighted by Gasteiger charge is -2.30. The van der Waals surface area contributed by atoms with E-state index in [4.69, 9.17) is 28.4 Å². The summed E-state index contributed by atoms with van der Waals surface area (Å²) in [6.45, 7) is 16.9. The van der Waals surface area contributed by atoms with Crippen molar-refractivity contribution in [1.82, 2.24) is 30.9 Å². The number of rotatable bonds is 42. The lowest BCUT2D eigenvalue weighted by atomic mass is 9.77. The molecule has 29 heteroatoms. The molecular weight excluding hydrogens is 1470 g/mol. The van der Waals surface area contributed by atoms with Gasteiger partial charge in [-0.1, -0.05) is 90.2 Å². The first-order valence-corrected chi connectivity index (χ1v) is 40.7. The molecule has 6 aromatic carbocycles. The molecule has 0 saturated heterocycles. The number of amides is 5. The molecule has 6 N–H and O–H groups in total. The molecule has 7 aromatic rings. The van der Waals surface area contributed by atoms with Crippen molar-refractivity contribution in [3.63, 3.8) is 0 Å². The number of para-hydroxylation sites is 1. The van der Waals surface area contributed by atoms with Crippen LogP contribution in [0.25, 0.3) is 11.1 Å². The molecule has 596 valence electrons. The molecular formula is C83H101N10O17S2+. The summed E-state index contributed by atoms with van der Waals surface area (Å²) in [5.41, 5.74) is 9.03. The summed E-state index contributed by atoms with van der Waals surface area (Å²) >= 11 is 0. The number of ether oxygens (including phenoxy) is 6. The van der Waals surface area contributed by atoms with E-state index >= 15 is 0 Å². The first-order valence-electron chi connectivity index (χ1n) is 37.9. The Morgan fingerprint density at radius 1 is 0.634 bits per heavy atom. The van der Waals surface area contributed by atoms with Gasteiger partial charge in [-0.25, -0.2) is 4.68 Å². The molecule has 3 aliphatic rings. The van der Waals surface area contributed by atoms with E-state index in [9.17, 15) is 49.9 Å². The first-order chi connectivity index (χ1) is 54.0. The van der Waals surface area contributed by atoms with Gasteiger partial charge in [-0.05, 0) is 155 Å². The molecule has 27 nitrogen and oxygen atoms in total. The molecule has 2 atom stereocenters. The number of nitrogens with one attached hydrogen (secondary N) is 4. The zero-order valence-electron chi connectivity index (χ0n) is 64.0. The van der Waals surface area contributed by atoms with Gasteiger partial charge in [0.25, 0.3) is 32.1 Å². The highest BCUT2D eigenvalue weighted by Gasteiger charge is 2.45. The second-order valence-corrected chi connectivity index (χ2v) is 30.6. The molecule has 0 bridgehead atoms. The normalized spacial score (nSPS) is 16.4. The van der Waals surface area contributed by atoms with Crippen molar-refractivity contribution in [2.75, 3.05) is 121 Å². The maximum atomic E-state index is 14.1. The van der Waals surface area contributed by atoms with Crippen LogP contribution in [0.4, 0.5) is 22.7 Å². The Morgan fingerprint density at radius 2 is 1.24 bits per heavy atom. The summed E-state index contributed by atoms with van der Waals surface area (Å²) in [4.78, 5) is 70.2. The van der Waals surface area contributed by atoms with Crippen LogP contribution in [0.3, 0.4) is 0 Å². The van der Waals surface area contributed by atoms with Crippen LogP contribution in [0.2, 0.25) is 0 Å². The summed E-state index contributed by atoms with van der Waals surface area (Å²) in [7, 11) is -8.90. The predicted molar refractivity (Wildman–Crippen MR) is 425 cm³/mol. The molecule has 0 fully saturated rings. The Balaban J connectivity index is 0.525.